The van der Waals surface area contributed by atoms with Crippen molar-refractivity contribution in [3.8, 4) is 0 Å². The highest BCUT2D eigenvalue weighted by Crippen LogP contribution is 2.16. The van der Waals surface area contributed by atoms with Gasteiger partial charge in [0, 0.05) is 11.8 Å². The number of hydrogen-bond acceptors (Lipinski definition) is 4. The number of hydrogen-bond donors (Lipinski definition) is 2. The Balaban J connectivity index is 2.20. The van der Waals surface area contributed by atoms with E-state index in [0.717, 1.165) is 11.6 Å². The van der Waals surface area contributed by atoms with Crippen molar-refractivity contribution in [2.45, 2.75) is 6.92 Å². The smallest absolute Gasteiger partial charge is 0.328 e. The van der Waals surface area contributed by atoms with Crippen LogP contribution in [-0.2, 0) is 4.79 Å². The first-order valence-corrected chi connectivity index (χ1v) is 6.15. The Labute approximate surface area is 121 Å². The van der Waals surface area contributed by atoms with Crippen LogP contribution in [0.4, 0.5) is 5.69 Å². The maximum Gasteiger partial charge on any atom is 0.328 e. The quantitative estimate of drug-likeness (QED) is 0.839. The van der Waals surface area contributed by atoms with Gasteiger partial charge in [-0.25, -0.2) is 4.79 Å². The zero-order valence-corrected chi connectivity index (χ0v) is 11.3. The van der Waals surface area contributed by atoms with Crippen LogP contribution < -0.4 is 5.32 Å². The molecule has 0 spiro atoms. The zero-order valence-electron chi connectivity index (χ0n) is 11.3. The molecular weight excluding hydrogens is 270 g/mol. The molecule has 1 aromatic heterocycles. The lowest BCUT2D eigenvalue weighted by Gasteiger charge is -2.07. The summed E-state index contributed by atoms with van der Waals surface area (Å²) in [5, 5.41) is 18.6. The summed E-state index contributed by atoms with van der Waals surface area (Å²) in [6.07, 6.45) is 5.33. The summed E-state index contributed by atoms with van der Waals surface area (Å²) in [5.74, 6) is -1.33. The number of carbonyl (C=O) groups is 2. The highest BCUT2D eigenvalue weighted by Gasteiger charge is 2.06. The van der Waals surface area contributed by atoms with Crippen molar-refractivity contribution < 1.29 is 14.7 Å². The predicted molar refractivity (Wildman–Crippen MR) is 77.8 cm³/mol. The third-order valence-electron chi connectivity index (χ3n) is 2.62. The number of carboxylic acids is 1. The van der Waals surface area contributed by atoms with Crippen molar-refractivity contribution in [2.75, 3.05) is 5.32 Å². The fraction of sp³-hybridized carbons (Fsp3) is 0.0667. The molecule has 0 atom stereocenters. The standard InChI is InChI=1S/C15H13N3O3/c1-10-6-11(2-3-14(19)20)8-13(7-10)18-15(21)12-4-5-16-17-9-12/h2-9H,1H3,(H,18,21)(H,19,20)/b3-2+. The van der Waals surface area contributed by atoms with Crippen LogP contribution in [0.2, 0.25) is 0 Å². The number of aryl methyl sites for hydroxylation is 1. The monoisotopic (exact) mass is 283 g/mol. The van der Waals surface area contributed by atoms with E-state index in [1.54, 1.807) is 18.2 Å². The van der Waals surface area contributed by atoms with Gasteiger partial charge in [-0.2, -0.15) is 10.2 Å². The van der Waals surface area contributed by atoms with E-state index in [4.69, 9.17) is 5.11 Å². The maximum absolute atomic E-state index is 12.0. The predicted octanol–water partition coefficient (Wildman–Crippen LogP) is 2.14. The fourth-order valence-electron chi connectivity index (χ4n) is 1.78. The number of nitrogens with zero attached hydrogens (tertiary/aromatic N) is 2. The number of anilines is 1. The Kier molecular flexibility index (Phi) is 4.40. The molecule has 21 heavy (non-hydrogen) atoms. The van der Waals surface area contributed by atoms with Crippen LogP contribution in [0, 0.1) is 6.92 Å². The summed E-state index contributed by atoms with van der Waals surface area (Å²) in [6, 6.07) is 6.87. The number of rotatable bonds is 4. The summed E-state index contributed by atoms with van der Waals surface area (Å²) < 4.78 is 0. The largest absolute Gasteiger partial charge is 0.478 e. The average molecular weight is 283 g/mol. The molecule has 0 aliphatic rings. The van der Waals surface area contributed by atoms with Crippen LogP contribution in [0.3, 0.4) is 0 Å². The van der Waals surface area contributed by atoms with Crippen molar-refractivity contribution in [3.05, 3.63) is 59.4 Å². The fourth-order valence-corrected chi connectivity index (χ4v) is 1.78. The number of aromatic nitrogens is 2. The SMILES string of the molecule is Cc1cc(/C=C/C(=O)O)cc(NC(=O)c2ccnnc2)c1. The summed E-state index contributed by atoms with van der Waals surface area (Å²) in [6.45, 7) is 1.86. The highest BCUT2D eigenvalue weighted by atomic mass is 16.4. The molecule has 0 saturated heterocycles. The normalized spacial score (nSPS) is 10.5. The second-order valence-corrected chi connectivity index (χ2v) is 4.39. The van der Waals surface area contributed by atoms with Crippen molar-refractivity contribution in [3.63, 3.8) is 0 Å². The number of nitrogens with one attached hydrogen (secondary N) is 1. The summed E-state index contributed by atoms with van der Waals surface area (Å²) in [5.41, 5.74) is 2.59. The van der Waals surface area contributed by atoms with Crippen molar-refractivity contribution in [1.82, 2.24) is 10.2 Å². The second kappa shape index (κ2) is 6.42. The van der Waals surface area contributed by atoms with E-state index in [1.807, 2.05) is 13.0 Å². The number of amides is 1. The lowest BCUT2D eigenvalue weighted by Crippen LogP contribution is -2.12. The van der Waals surface area contributed by atoms with Crippen LogP contribution in [0.25, 0.3) is 6.08 Å². The number of aliphatic carboxylic acids is 1. The molecule has 0 radical (unpaired) electrons. The van der Waals surface area contributed by atoms with Gasteiger partial charge in [-0.15, -0.1) is 0 Å². The number of carboxylic acid groups (broad SMARTS) is 1. The third kappa shape index (κ3) is 4.24. The lowest BCUT2D eigenvalue weighted by molar-refractivity contribution is -0.131. The van der Waals surface area contributed by atoms with Gasteiger partial charge >= 0.3 is 5.97 Å². The molecule has 6 heteroatoms. The summed E-state index contributed by atoms with van der Waals surface area (Å²) in [7, 11) is 0. The minimum atomic E-state index is -1.02. The van der Waals surface area contributed by atoms with E-state index < -0.39 is 5.97 Å². The van der Waals surface area contributed by atoms with Crippen LogP contribution in [-0.4, -0.2) is 27.2 Å². The van der Waals surface area contributed by atoms with Crippen LogP contribution in [0.1, 0.15) is 21.5 Å². The summed E-state index contributed by atoms with van der Waals surface area (Å²) >= 11 is 0. The van der Waals surface area contributed by atoms with Gasteiger partial charge < -0.3 is 10.4 Å². The third-order valence-corrected chi connectivity index (χ3v) is 2.62. The molecule has 1 heterocycles. The maximum atomic E-state index is 12.0. The molecule has 0 aliphatic carbocycles. The minimum absolute atomic E-state index is 0.302. The Hall–Kier alpha value is -3.02. The van der Waals surface area contributed by atoms with Gasteiger partial charge in [0.05, 0.1) is 18.0 Å². The van der Waals surface area contributed by atoms with Gasteiger partial charge in [0.15, 0.2) is 0 Å². The molecule has 2 aromatic rings. The van der Waals surface area contributed by atoms with E-state index in [0.29, 0.717) is 16.8 Å². The first kappa shape index (κ1) is 14.4. The van der Waals surface area contributed by atoms with E-state index >= 15 is 0 Å². The second-order valence-electron chi connectivity index (χ2n) is 4.39. The first-order chi connectivity index (χ1) is 10.0. The number of carbonyl (C=O) groups excluding carboxylic acids is 1. The molecule has 2 rings (SSSR count). The average Bonchev–Trinajstić information content (AvgIpc) is 2.45. The van der Waals surface area contributed by atoms with E-state index in [-0.39, 0.29) is 5.91 Å². The van der Waals surface area contributed by atoms with E-state index in [1.165, 1.54) is 18.5 Å². The topological polar surface area (TPSA) is 92.2 Å². The van der Waals surface area contributed by atoms with Crippen molar-refractivity contribution in [1.29, 1.82) is 0 Å². The Morgan fingerprint density at radius 2 is 2.05 bits per heavy atom. The van der Waals surface area contributed by atoms with Crippen molar-refractivity contribution >= 4 is 23.6 Å². The van der Waals surface area contributed by atoms with Crippen LogP contribution >= 0.6 is 0 Å². The molecule has 0 saturated carbocycles. The molecule has 0 fully saturated rings. The van der Waals surface area contributed by atoms with Gasteiger partial charge in [0.1, 0.15) is 0 Å². The van der Waals surface area contributed by atoms with Gasteiger partial charge in [0.2, 0.25) is 0 Å². The Morgan fingerprint density at radius 1 is 1.24 bits per heavy atom. The molecule has 6 nitrogen and oxygen atoms in total. The Bertz CT molecular complexity index is 697. The molecule has 0 bridgehead atoms. The molecule has 0 unspecified atom stereocenters. The van der Waals surface area contributed by atoms with Gasteiger partial charge in [-0.05, 0) is 42.3 Å². The summed E-state index contributed by atoms with van der Waals surface area (Å²) in [4.78, 5) is 22.5. The highest BCUT2D eigenvalue weighted by molar-refractivity contribution is 6.04. The zero-order chi connectivity index (χ0) is 15.2. The lowest BCUT2D eigenvalue weighted by atomic mass is 10.1. The molecule has 0 aliphatic heterocycles. The molecule has 2 N–H and O–H groups in total. The van der Waals surface area contributed by atoms with Gasteiger partial charge in [-0.1, -0.05) is 6.07 Å². The molecule has 1 aromatic carbocycles. The molecular formula is C15H13N3O3. The minimum Gasteiger partial charge on any atom is -0.478 e. The Morgan fingerprint density at radius 3 is 2.71 bits per heavy atom. The van der Waals surface area contributed by atoms with E-state index in [2.05, 4.69) is 15.5 Å². The molecule has 1 amide bonds. The van der Waals surface area contributed by atoms with E-state index in [9.17, 15) is 9.59 Å². The van der Waals surface area contributed by atoms with Crippen LogP contribution in [0.15, 0.2) is 42.7 Å². The van der Waals surface area contributed by atoms with Gasteiger partial charge in [-0.3, -0.25) is 4.79 Å². The molecule has 106 valence electrons. The van der Waals surface area contributed by atoms with Crippen LogP contribution in [0.5, 0.6) is 0 Å². The van der Waals surface area contributed by atoms with Gasteiger partial charge in [0.25, 0.3) is 5.91 Å². The first-order valence-electron chi connectivity index (χ1n) is 6.15. The van der Waals surface area contributed by atoms with Crippen molar-refractivity contribution in [2.24, 2.45) is 0 Å². The number of benzene rings is 1.